The lowest BCUT2D eigenvalue weighted by Crippen LogP contribution is -2.20. The number of hydrogen-bond acceptors (Lipinski definition) is 3. The van der Waals surface area contributed by atoms with Crippen LogP contribution in [0.2, 0.25) is 0 Å². The summed E-state index contributed by atoms with van der Waals surface area (Å²) in [7, 11) is 0. The van der Waals surface area contributed by atoms with Crippen molar-refractivity contribution < 1.29 is 4.79 Å². The summed E-state index contributed by atoms with van der Waals surface area (Å²) in [5.41, 5.74) is 0.819. The van der Waals surface area contributed by atoms with Crippen LogP contribution in [-0.2, 0) is 0 Å². The van der Waals surface area contributed by atoms with Gasteiger partial charge in [-0.25, -0.2) is 0 Å². The minimum absolute atomic E-state index is 0.148. The largest absolute Gasteiger partial charge is 0.303 e. The van der Waals surface area contributed by atoms with Crippen LogP contribution in [-0.4, -0.2) is 36.1 Å². The molecule has 0 amide bonds. The molecule has 0 atom stereocenters. The van der Waals surface area contributed by atoms with Crippen LogP contribution in [0.1, 0.15) is 36.5 Å². The first kappa shape index (κ1) is 13.6. The molecule has 18 heavy (non-hydrogen) atoms. The van der Waals surface area contributed by atoms with Gasteiger partial charge in [0.1, 0.15) is 0 Å². The van der Waals surface area contributed by atoms with E-state index in [-0.39, 0.29) is 5.78 Å². The second kappa shape index (κ2) is 6.95. The fraction of sp³-hybridized carbons (Fsp3) is 0.533. The van der Waals surface area contributed by atoms with Gasteiger partial charge in [-0.2, -0.15) is 0 Å². The predicted octanol–water partition coefficient (Wildman–Crippen LogP) is 3.47. The molecule has 98 valence electrons. The van der Waals surface area contributed by atoms with E-state index in [1.165, 1.54) is 43.8 Å². The number of benzene rings is 1. The minimum Gasteiger partial charge on any atom is -0.303 e. The topological polar surface area (TPSA) is 20.3 Å². The summed E-state index contributed by atoms with van der Waals surface area (Å²) < 4.78 is 0. The number of carbonyl (C=O) groups is 1. The average Bonchev–Trinajstić information content (AvgIpc) is 2.88. The van der Waals surface area contributed by atoms with Crippen LogP contribution >= 0.6 is 11.8 Å². The summed E-state index contributed by atoms with van der Waals surface area (Å²) in [6.07, 6.45) is 3.97. The van der Waals surface area contributed by atoms with Gasteiger partial charge >= 0.3 is 0 Å². The van der Waals surface area contributed by atoms with Crippen molar-refractivity contribution in [2.75, 3.05) is 25.4 Å². The van der Waals surface area contributed by atoms with Crippen molar-refractivity contribution in [3.63, 3.8) is 0 Å². The summed E-state index contributed by atoms with van der Waals surface area (Å²) in [4.78, 5) is 15.0. The van der Waals surface area contributed by atoms with E-state index in [1.54, 1.807) is 6.92 Å². The Morgan fingerprint density at radius 2 is 2.11 bits per heavy atom. The SMILES string of the molecule is CC(=O)c1cccc(SCCCN2CCCC2)c1. The molecule has 1 fully saturated rings. The number of likely N-dealkylation sites (tertiary alicyclic amines) is 1. The lowest BCUT2D eigenvalue weighted by molar-refractivity contribution is 0.101. The zero-order valence-corrected chi connectivity index (χ0v) is 11.8. The molecule has 0 bridgehead atoms. The van der Waals surface area contributed by atoms with E-state index >= 15 is 0 Å². The first-order chi connectivity index (χ1) is 8.75. The summed E-state index contributed by atoms with van der Waals surface area (Å²) in [5, 5.41) is 0. The van der Waals surface area contributed by atoms with Gasteiger partial charge < -0.3 is 4.90 Å². The maximum absolute atomic E-state index is 11.3. The highest BCUT2D eigenvalue weighted by Gasteiger charge is 2.10. The van der Waals surface area contributed by atoms with Gasteiger partial charge in [-0.1, -0.05) is 12.1 Å². The van der Waals surface area contributed by atoms with E-state index in [0.717, 1.165) is 11.3 Å². The highest BCUT2D eigenvalue weighted by molar-refractivity contribution is 7.99. The fourth-order valence-corrected chi connectivity index (χ4v) is 3.18. The molecule has 1 saturated heterocycles. The molecule has 2 nitrogen and oxygen atoms in total. The molecule has 1 aromatic carbocycles. The van der Waals surface area contributed by atoms with Gasteiger partial charge in [0.2, 0.25) is 0 Å². The van der Waals surface area contributed by atoms with Crippen molar-refractivity contribution in [2.24, 2.45) is 0 Å². The molecule has 3 heteroatoms. The van der Waals surface area contributed by atoms with Crippen LogP contribution in [0.4, 0.5) is 0 Å². The van der Waals surface area contributed by atoms with Gasteiger partial charge in [-0.3, -0.25) is 4.79 Å². The number of nitrogens with zero attached hydrogens (tertiary/aromatic N) is 1. The molecular weight excluding hydrogens is 242 g/mol. The Morgan fingerprint density at radius 1 is 1.33 bits per heavy atom. The third kappa shape index (κ3) is 4.14. The maximum atomic E-state index is 11.3. The van der Waals surface area contributed by atoms with Crippen molar-refractivity contribution >= 4 is 17.5 Å². The summed E-state index contributed by atoms with van der Waals surface area (Å²) in [6, 6.07) is 7.95. The minimum atomic E-state index is 0.148. The smallest absolute Gasteiger partial charge is 0.159 e. The molecule has 1 aromatic rings. The van der Waals surface area contributed by atoms with E-state index in [0.29, 0.717) is 0 Å². The Morgan fingerprint density at radius 3 is 2.83 bits per heavy atom. The Hall–Kier alpha value is -0.800. The number of ketones is 1. The Kier molecular flexibility index (Phi) is 5.26. The molecule has 0 saturated carbocycles. The number of thioether (sulfide) groups is 1. The van der Waals surface area contributed by atoms with Gasteiger partial charge in [-0.15, -0.1) is 11.8 Å². The third-order valence-electron chi connectivity index (χ3n) is 3.33. The number of rotatable bonds is 6. The molecule has 1 aliphatic rings. The second-order valence-corrected chi connectivity index (χ2v) is 6.00. The van der Waals surface area contributed by atoms with Crippen molar-refractivity contribution in [1.82, 2.24) is 4.90 Å². The normalized spacial score (nSPS) is 16.1. The van der Waals surface area contributed by atoms with Gasteiger partial charge in [0, 0.05) is 10.5 Å². The monoisotopic (exact) mass is 263 g/mol. The quantitative estimate of drug-likeness (QED) is 0.445. The van der Waals surface area contributed by atoms with E-state index < -0.39 is 0 Å². The summed E-state index contributed by atoms with van der Waals surface area (Å²) in [6.45, 7) is 5.41. The first-order valence-corrected chi connectivity index (χ1v) is 7.70. The highest BCUT2D eigenvalue weighted by atomic mass is 32.2. The Labute approximate surface area is 114 Å². The van der Waals surface area contributed by atoms with Gasteiger partial charge in [0.15, 0.2) is 5.78 Å². The van der Waals surface area contributed by atoms with E-state index in [4.69, 9.17) is 0 Å². The van der Waals surface area contributed by atoms with Crippen LogP contribution in [0.25, 0.3) is 0 Å². The van der Waals surface area contributed by atoms with Gasteiger partial charge in [-0.05, 0) is 63.7 Å². The van der Waals surface area contributed by atoms with Crippen LogP contribution in [0.5, 0.6) is 0 Å². The lowest BCUT2D eigenvalue weighted by atomic mass is 10.2. The first-order valence-electron chi connectivity index (χ1n) is 6.72. The zero-order chi connectivity index (χ0) is 12.8. The van der Waals surface area contributed by atoms with Crippen LogP contribution < -0.4 is 0 Å². The van der Waals surface area contributed by atoms with Crippen LogP contribution in [0.15, 0.2) is 29.2 Å². The van der Waals surface area contributed by atoms with Crippen molar-refractivity contribution in [3.05, 3.63) is 29.8 Å². The second-order valence-electron chi connectivity index (χ2n) is 4.83. The Bertz CT molecular complexity index is 399. The van der Waals surface area contributed by atoms with Crippen molar-refractivity contribution in [2.45, 2.75) is 31.1 Å². The molecule has 0 aliphatic carbocycles. The molecular formula is C15H21NOS. The number of carbonyl (C=O) groups excluding carboxylic acids is 1. The molecule has 1 heterocycles. The standard InChI is InChI=1S/C15H21NOS/c1-13(17)14-6-4-7-15(12-14)18-11-5-10-16-8-2-3-9-16/h4,6-7,12H,2-3,5,8-11H2,1H3. The fourth-order valence-electron chi connectivity index (χ4n) is 2.29. The van der Waals surface area contributed by atoms with Crippen molar-refractivity contribution in [1.29, 1.82) is 0 Å². The van der Waals surface area contributed by atoms with Crippen molar-refractivity contribution in [3.8, 4) is 0 Å². The molecule has 2 rings (SSSR count). The van der Waals surface area contributed by atoms with E-state index in [2.05, 4.69) is 11.0 Å². The molecule has 0 N–H and O–H groups in total. The van der Waals surface area contributed by atoms with Gasteiger partial charge in [0.25, 0.3) is 0 Å². The van der Waals surface area contributed by atoms with Crippen LogP contribution in [0, 0.1) is 0 Å². The zero-order valence-electron chi connectivity index (χ0n) is 11.0. The van der Waals surface area contributed by atoms with E-state index in [9.17, 15) is 4.79 Å². The third-order valence-corrected chi connectivity index (χ3v) is 4.41. The lowest BCUT2D eigenvalue weighted by Gasteiger charge is -2.13. The number of hydrogen-bond donors (Lipinski definition) is 0. The predicted molar refractivity (Wildman–Crippen MR) is 77.5 cm³/mol. The average molecular weight is 263 g/mol. The van der Waals surface area contributed by atoms with E-state index in [1.807, 2.05) is 30.0 Å². The molecule has 0 aromatic heterocycles. The molecule has 1 aliphatic heterocycles. The molecule has 0 spiro atoms. The molecule has 0 unspecified atom stereocenters. The highest BCUT2D eigenvalue weighted by Crippen LogP contribution is 2.20. The van der Waals surface area contributed by atoms with Gasteiger partial charge in [0.05, 0.1) is 0 Å². The Balaban J connectivity index is 1.72. The number of Topliss-reactive ketones (excluding diaryl/α,β-unsaturated/α-hetero) is 1. The van der Waals surface area contributed by atoms with Crippen LogP contribution in [0.3, 0.4) is 0 Å². The summed E-state index contributed by atoms with van der Waals surface area (Å²) in [5.74, 6) is 1.28. The summed E-state index contributed by atoms with van der Waals surface area (Å²) >= 11 is 1.86. The molecule has 0 radical (unpaired) electrons. The maximum Gasteiger partial charge on any atom is 0.159 e.